The lowest BCUT2D eigenvalue weighted by atomic mass is 10.1. The number of allylic oxidation sites excluding steroid dienone is 1. The summed E-state index contributed by atoms with van der Waals surface area (Å²) in [5, 5.41) is 10.1. The number of aliphatic carboxylic acids is 1. The second-order valence-electron chi connectivity index (χ2n) is 4.37. The van der Waals surface area contributed by atoms with Crippen molar-refractivity contribution in [2.24, 2.45) is 0 Å². The van der Waals surface area contributed by atoms with Crippen molar-refractivity contribution >= 4 is 16.9 Å². The van der Waals surface area contributed by atoms with Gasteiger partial charge in [-0.25, -0.2) is 4.79 Å². The molecule has 0 aliphatic heterocycles. The molecule has 1 aromatic carbocycles. The number of carboxylic acid groups (broad SMARTS) is 1. The van der Waals surface area contributed by atoms with Crippen LogP contribution in [0.5, 0.6) is 0 Å². The summed E-state index contributed by atoms with van der Waals surface area (Å²) in [5.74, 6) is -0.859. The summed E-state index contributed by atoms with van der Waals surface area (Å²) in [6.07, 6.45) is 4.73. The fourth-order valence-corrected chi connectivity index (χ4v) is 2.10. The van der Waals surface area contributed by atoms with Crippen LogP contribution >= 0.6 is 0 Å². The van der Waals surface area contributed by atoms with Crippen molar-refractivity contribution in [3.63, 3.8) is 0 Å². The predicted molar refractivity (Wildman–Crippen MR) is 72.7 cm³/mol. The van der Waals surface area contributed by atoms with Crippen LogP contribution in [-0.4, -0.2) is 15.6 Å². The summed E-state index contributed by atoms with van der Waals surface area (Å²) in [7, 11) is 0. The van der Waals surface area contributed by atoms with Gasteiger partial charge in [0.25, 0.3) is 0 Å². The number of fused-ring (bicyclic) bond motifs is 1. The molecule has 0 atom stereocenters. The van der Waals surface area contributed by atoms with E-state index in [-0.39, 0.29) is 0 Å². The van der Waals surface area contributed by atoms with Gasteiger partial charge in [0, 0.05) is 18.3 Å². The number of hydrogen-bond acceptors (Lipinski definition) is 1. The van der Waals surface area contributed by atoms with Crippen LogP contribution in [0.2, 0.25) is 0 Å². The molecule has 0 saturated carbocycles. The zero-order chi connectivity index (χ0) is 13.1. The average Bonchev–Trinajstić information content (AvgIpc) is 2.78. The van der Waals surface area contributed by atoms with Gasteiger partial charge in [-0.15, -0.1) is 0 Å². The Bertz CT molecular complexity index is 608. The molecule has 1 N–H and O–H groups in total. The Morgan fingerprint density at radius 1 is 1.39 bits per heavy atom. The van der Waals surface area contributed by atoms with E-state index in [0.29, 0.717) is 12.1 Å². The summed E-state index contributed by atoms with van der Waals surface area (Å²) in [6.45, 7) is 4.35. The van der Waals surface area contributed by atoms with E-state index in [0.717, 1.165) is 6.42 Å². The third kappa shape index (κ3) is 2.30. The number of benzene rings is 1. The molecule has 2 aromatic rings. The van der Waals surface area contributed by atoms with Gasteiger partial charge < -0.3 is 9.67 Å². The van der Waals surface area contributed by atoms with E-state index in [2.05, 4.69) is 35.8 Å². The first-order valence-corrected chi connectivity index (χ1v) is 6.10. The molecule has 18 heavy (non-hydrogen) atoms. The smallest absolute Gasteiger partial charge is 0.331 e. The predicted octanol–water partition coefficient (Wildman–Crippen LogP) is 3.23. The number of aromatic nitrogens is 1. The van der Waals surface area contributed by atoms with Gasteiger partial charge in [0.2, 0.25) is 0 Å². The number of rotatable bonds is 4. The molecule has 0 unspecified atom stereocenters. The van der Waals surface area contributed by atoms with Crippen LogP contribution in [0.15, 0.2) is 42.1 Å². The molecule has 0 aliphatic rings. The molecule has 0 bridgehead atoms. The molecular weight excluding hydrogens is 226 g/mol. The lowest BCUT2D eigenvalue weighted by Crippen LogP contribution is -2.01. The summed E-state index contributed by atoms with van der Waals surface area (Å²) in [5.41, 5.74) is 2.87. The van der Waals surface area contributed by atoms with Gasteiger partial charge >= 0.3 is 5.97 Å². The largest absolute Gasteiger partial charge is 0.478 e. The fourth-order valence-electron chi connectivity index (χ4n) is 2.10. The molecule has 0 radical (unpaired) electrons. The van der Waals surface area contributed by atoms with Gasteiger partial charge in [-0.05, 0) is 30.4 Å². The molecule has 1 heterocycles. The zero-order valence-corrected chi connectivity index (χ0v) is 10.7. The van der Waals surface area contributed by atoms with Crippen molar-refractivity contribution in [1.29, 1.82) is 0 Å². The second kappa shape index (κ2) is 5.08. The van der Waals surface area contributed by atoms with E-state index in [1.807, 2.05) is 6.20 Å². The Balaban J connectivity index is 2.40. The third-order valence-corrected chi connectivity index (χ3v) is 3.18. The topological polar surface area (TPSA) is 42.2 Å². The van der Waals surface area contributed by atoms with Gasteiger partial charge in [0.05, 0.1) is 5.52 Å². The van der Waals surface area contributed by atoms with Crippen LogP contribution in [0.1, 0.15) is 19.4 Å². The Labute approximate surface area is 106 Å². The van der Waals surface area contributed by atoms with E-state index < -0.39 is 5.97 Å². The first kappa shape index (κ1) is 12.4. The van der Waals surface area contributed by atoms with Crippen LogP contribution < -0.4 is 0 Å². The number of carbonyl (C=O) groups is 1. The van der Waals surface area contributed by atoms with Gasteiger partial charge in [-0.2, -0.15) is 0 Å². The summed E-state index contributed by atoms with van der Waals surface area (Å²) < 4.78 is 2.10. The maximum absolute atomic E-state index is 10.8. The van der Waals surface area contributed by atoms with Crippen LogP contribution in [0.3, 0.4) is 0 Å². The molecule has 0 aliphatic carbocycles. The minimum Gasteiger partial charge on any atom is -0.478 e. The highest BCUT2D eigenvalue weighted by Gasteiger charge is 2.05. The lowest BCUT2D eigenvalue weighted by Gasteiger charge is -2.06. The van der Waals surface area contributed by atoms with E-state index in [4.69, 9.17) is 5.11 Å². The summed E-state index contributed by atoms with van der Waals surface area (Å²) in [4.78, 5) is 10.8. The highest BCUT2D eigenvalue weighted by molar-refractivity contribution is 5.86. The van der Waals surface area contributed by atoms with Crippen molar-refractivity contribution in [3.8, 4) is 0 Å². The molecule has 3 heteroatoms. The monoisotopic (exact) mass is 243 g/mol. The number of aryl methyl sites for hydroxylation is 1. The Hall–Kier alpha value is -2.03. The first-order chi connectivity index (χ1) is 8.63. The molecule has 1 aromatic heterocycles. The molecule has 0 saturated heterocycles. The maximum Gasteiger partial charge on any atom is 0.331 e. The maximum atomic E-state index is 10.8. The van der Waals surface area contributed by atoms with Crippen molar-refractivity contribution in [3.05, 3.63) is 47.7 Å². The van der Waals surface area contributed by atoms with Crippen LogP contribution in [0.4, 0.5) is 0 Å². The molecule has 3 nitrogen and oxygen atoms in total. The normalized spacial score (nSPS) is 12.0. The number of nitrogens with zero attached hydrogens (tertiary/aromatic N) is 1. The molecule has 0 spiro atoms. The van der Waals surface area contributed by atoms with Gasteiger partial charge in [0.15, 0.2) is 0 Å². The molecule has 94 valence electrons. The molecule has 0 amide bonds. The minimum absolute atomic E-state index is 0.380. The molecule has 2 rings (SSSR count). The SMILES string of the molecule is CCc1cccc2ccn(CC=C(C)C(=O)O)c12. The number of hydrogen-bond donors (Lipinski definition) is 1. The quantitative estimate of drug-likeness (QED) is 0.838. The van der Waals surface area contributed by atoms with E-state index >= 15 is 0 Å². The number of para-hydroxylation sites is 1. The van der Waals surface area contributed by atoms with Crippen LogP contribution in [0.25, 0.3) is 10.9 Å². The molecule has 0 fully saturated rings. The lowest BCUT2D eigenvalue weighted by molar-refractivity contribution is -0.132. The Morgan fingerprint density at radius 3 is 2.83 bits per heavy atom. The highest BCUT2D eigenvalue weighted by Crippen LogP contribution is 2.21. The second-order valence-corrected chi connectivity index (χ2v) is 4.37. The minimum atomic E-state index is -0.859. The van der Waals surface area contributed by atoms with Gasteiger partial charge in [-0.1, -0.05) is 31.2 Å². The molecular formula is C15H17NO2. The highest BCUT2D eigenvalue weighted by atomic mass is 16.4. The van der Waals surface area contributed by atoms with Crippen LogP contribution in [-0.2, 0) is 17.8 Å². The van der Waals surface area contributed by atoms with Crippen molar-refractivity contribution in [1.82, 2.24) is 4.57 Å². The Morgan fingerprint density at radius 2 is 2.17 bits per heavy atom. The standard InChI is InChI=1S/C15H17NO2/c1-3-12-5-4-6-13-8-10-16(14(12)13)9-7-11(2)15(17)18/h4-8,10H,3,9H2,1-2H3,(H,17,18). The van der Waals surface area contributed by atoms with E-state index in [1.165, 1.54) is 16.5 Å². The first-order valence-electron chi connectivity index (χ1n) is 6.10. The Kier molecular flexibility index (Phi) is 3.51. The average molecular weight is 243 g/mol. The zero-order valence-electron chi connectivity index (χ0n) is 10.7. The van der Waals surface area contributed by atoms with Crippen molar-refractivity contribution < 1.29 is 9.90 Å². The fraction of sp³-hybridized carbons (Fsp3) is 0.267. The van der Waals surface area contributed by atoms with Crippen molar-refractivity contribution in [2.75, 3.05) is 0 Å². The van der Waals surface area contributed by atoms with Gasteiger partial charge in [-0.3, -0.25) is 0 Å². The van der Waals surface area contributed by atoms with Gasteiger partial charge in [0.1, 0.15) is 0 Å². The summed E-state index contributed by atoms with van der Waals surface area (Å²) >= 11 is 0. The van der Waals surface area contributed by atoms with E-state index in [1.54, 1.807) is 13.0 Å². The summed E-state index contributed by atoms with van der Waals surface area (Å²) in [6, 6.07) is 8.33. The van der Waals surface area contributed by atoms with E-state index in [9.17, 15) is 4.79 Å². The van der Waals surface area contributed by atoms with Crippen LogP contribution in [0, 0.1) is 0 Å². The van der Waals surface area contributed by atoms with Crippen molar-refractivity contribution in [2.45, 2.75) is 26.8 Å². The third-order valence-electron chi connectivity index (χ3n) is 3.18. The number of carboxylic acids is 1.